The summed E-state index contributed by atoms with van der Waals surface area (Å²) in [6.45, 7) is 10.4. The minimum absolute atomic E-state index is 0.0129. The number of alkyl halides is 3. The highest BCUT2D eigenvalue weighted by Gasteiger charge is 2.60. The Balaban J connectivity index is 1.08. The van der Waals surface area contributed by atoms with E-state index in [1.807, 2.05) is 17.8 Å². The summed E-state index contributed by atoms with van der Waals surface area (Å²) < 4.78 is 55.5. The number of amides is 1. The fraction of sp³-hybridized carbons (Fsp3) is 0.532. The van der Waals surface area contributed by atoms with Crippen LogP contribution in [-0.4, -0.2) is 83.3 Å². The van der Waals surface area contributed by atoms with Crippen molar-refractivity contribution in [2.24, 2.45) is 11.8 Å². The first kappa shape index (κ1) is 43.6. The number of aryl methyl sites for hydroxylation is 1. The third-order valence-electron chi connectivity index (χ3n) is 14.0. The minimum atomic E-state index is -5.25. The van der Waals surface area contributed by atoms with Gasteiger partial charge in [0.25, 0.3) is 0 Å². The lowest BCUT2D eigenvalue weighted by Crippen LogP contribution is -2.63. The predicted molar refractivity (Wildman–Crippen MR) is 231 cm³/mol. The van der Waals surface area contributed by atoms with E-state index in [0.717, 1.165) is 88.5 Å². The maximum Gasteiger partial charge on any atom is 0.471 e. The average molecular weight is 879 g/mol. The van der Waals surface area contributed by atoms with Crippen molar-refractivity contribution in [2.45, 2.75) is 108 Å². The van der Waals surface area contributed by atoms with Crippen molar-refractivity contribution in [2.75, 3.05) is 44.8 Å². The Morgan fingerprint density at radius 2 is 1.77 bits per heavy atom. The number of carbonyl (C=O) groups excluding carboxylic acids is 2. The number of methoxy groups -OCH3 is 1. The molecular weight excluding hydrogens is 823 g/mol. The summed E-state index contributed by atoms with van der Waals surface area (Å²) in [5.74, 6) is -1.42. The molecular formula is C47H55ClF3N5O4S. The van der Waals surface area contributed by atoms with E-state index in [4.69, 9.17) is 21.1 Å². The van der Waals surface area contributed by atoms with Crippen LogP contribution in [0.5, 0.6) is 5.75 Å². The number of nitrogens with zero attached hydrogens (tertiary/aromatic N) is 5. The Bertz CT molecular complexity index is 2190. The number of hydrogen-bond donors (Lipinski definition) is 0. The second kappa shape index (κ2) is 18.0. The van der Waals surface area contributed by atoms with Crippen molar-refractivity contribution in [1.29, 1.82) is 0 Å². The molecule has 1 saturated carbocycles. The van der Waals surface area contributed by atoms with Crippen molar-refractivity contribution >= 4 is 40.5 Å². The number of piperazine rings is 1. The van der Waals surface area contributed by atoms with Crippen LogP contribution in [-0.2, 0) is 45.7 Å². The lowest BCUT2D eigenvalue weighted by Gasteiger charge is -2.51. The third kappa shape index (κ3) is 8.95. The molecule has 0 radical (unpaired) electrons. The Kier molecular flexibility index (Phi) is 12.9. The number of anilines is 1. The van der Waals surface area contributed by atoms with Gasteiger partial charge in [-0.15, -0.1) is 11.3 Å². The monoisotopic (exact) mass is 877 g/mol. The first-order valence-electron chi connectivity index (χ1n) is 21.6. The number of esters is 1. The van der Waals surface area contributed by atoms with Gasteiger partial charge >= 0.3 is 18.1 Å². The molecule has 14 heteroatoms. The van der Waals surface area contributed by atoms with E-state index >= 15 is 0 Å². The zero-order valence-electron chi connectivity index (χ0n) is 35.2. The largest absolute Gasteiger partial charge is 0.493 e. The van der Waals surface area contributed by atoms with Crippen molar-refractivity contribution < 1.29 is 32.2 Å². The quantitative estimate of drug-likeness (QED) is 0.130. The van der Waals surface area contributed by atoms with Crippen LogP contribution >= 0.6 is 22.9 Å². The van der Waals surface area contributed by atoms with Crippen LogP contribution in [0.1, 0.15) is 98.4 Å². The summed E-state index contributed by atoms with van der Waals surface area (Å²) in [7, 11) is 1.17. The number of fused-ring (bicyclic) bond motifs is 3. The van der Waals surface area contributed by atoms with Crippen molar-refractivity contribution in [3.8, 4) is 5.75 Å². The van der Waals surface area contributed by atoms with Gasteiger partial charge in [-0.05, 0) is 122 Å². The topological polar surface area (TPSA) is 88.1 Å². The van der Waals surface area contributed by atoms with E-state index in [-0.39, 0.29) is 35.4 Å². The average Bonchev–Trinajstić information content (AvgIpc) is 3.86. The van der Waals surface area contributed by atoms with Crippen LogP contribution < -0.4 is 9.64 Å². The number of aromatic nitrogens is 2. The number of rotatable bonds is 12. The molecule has 1 saturated heterocycles. The Morgan fingerprint density at radius 3 is 2.46 bits per heavy atom. The predicted octanol–water partition coefficient (Wildman–Crippen LogP) is 9.55. The van der Waals surface area contributed by atoms with Gasteiger partial charge in [0.05, 0.1) is 24.9 Å². The molecule has 2 fully saturated rings. The molecule has 2 aromatic heterocycles. The molecule has 0 bridgehead atoms. The number of carbonyl (C=O) groups is 2. The summed E-state index contributed by atoms with van der Waals surface area (Å²) in [6, 6.07) is 14.5. The van der Waals surface area contributed by atoms with Crippen LogP contribution in [0.15, 0.2) is 65.6 Å². The van der Waals surface area contributed by atoms with Crippen molar-refractivity contribution in [1.82, 2.24) is 19.8 Å². The number of halogens is 4. The van der Waals surface area contributed by atoms with Gasteiger partial charge in [-0.25, -0.2) is 9.78 Å². The first-order chi connectivity index (χ1) is 29.3. The highest BCUT2D eigenvalue weighted by atomic mass is 35.5. The van der Waals surface area contributed by atoms with Gasteiger partial charge in [-0.1, -0.05) is 49.7 Å². The Labute approximate surface area is 365 Å². The van der Waals surface area contributed by atoms with Gasteiger partial charge in [0, 0.05) is 72.8 Å². The minimum Gasteiger partial charge on any atom is -0.493 e. The van der Waals surface area contributed by atoms with Crippen LogP contribution in [0.4, 0.5) is 18.9 Å². The Hall–Kier alpha value is -4.04. The van der Waals surface area contributed by atoms with Gasteiger partial charge < -0.3 is 9.47 Å². The molecule has 0 N–H and O–H groups in total. The summed E-state index contributed by atoms with van der Waals surface area (Å²) in [5.41, 5.74) is 6.50. The summed E-state index contributed by atoms with van der Waals surface area (Å²) in [6.07, 6.45) is 2.16. The lowest BCUT2D eigenvalue weighted by molar-refractivity contribution is -0.174. The molecule has 0 unspecified atom stereocenters. The molecule has 61 heavy (non-hydrogen) atoms. The molecule has 3 aliphatic carbocycles. The highest BCUT2D eigenvalue weighted by Crippen LogP contribution is 2.57. The van der Waals surface area contributed by atoms with E-state index < -0.39 is 29.0 Å². The number of pyridine rings is 1. The molecule has 2 aromatic carbocycles. The fourth-order valence-corrected chi connectivity index (χ4v) is 11.6. The molecule has 326 valence electrons. The molecule has 3 heterocycles. The lowest BCUT2D eigenvalue weighted by atomic mass is 9.59. The number of thiazole rings is 1. The van der Waals surface area contributed by atoms with E-state index in [1.54, 1.807) is 11.3 Å². The number of hydrogen-bond acceptors (Lipinski definition) is 9. The van der Waals surface area contributed by atoms with E-state index in [0.29, 0.717) is 30.3 Å². The molecule has 1 amide bonds. The van der Waals surface area contributed by atoms with Crippen molar-refractivity contribution in [3.05, 3.63) is 104 Å². The third-order valence-corrected chi connectivity index (χ3v) is 14.8. The Morgan fingerprint density at radius 1 is 1.02 bits per heavy atom. The van der Waals surface area contributed by atoms with E-state index in [2.05, 4.69) is 57.2 Å². The van der Waals surface area contributed by atoms with Crippen LogP contribution in [0.2, 0.25) is 5.02 Å². The van der Waals surface area contributed by atoms with Crippen LogP contribution in [0, 0.1) is 11.8 Å². The second-order valence-corrected chi connectivity index (χ2v) is 19.0. The summed E-state index contributed by atoms with van der Waals surface area (Å²) >= 11 is 7.91. The maximum absolute atomic E-state index is 14.5. The second-order valence-electron chi connectivity index (χ2n) is 17.8. The van der Waals surface area contributed by atoms with Gasteiger partial charge in [-0.2, -0.15) is 13.2 Å². The van der Waals surface area contributed by atoms with E-state index in [9.17, 15) is 22.8 Å². The molecule has 1 aliphatic heterocycles. The molecule has 8 rings (SSSR count). The SMILES string of the molecule is COC(=O)C1(N(C(=O)C(F)(F)F)c2cccc(Cl)c2)CCC2(CC1)c1cc(CN3CCN(Cc4cscn4)CC3)ccc1C[C@@H]2C[C@@H](C)COc1ccnc2c1[C@H](C)CCC2. The summed E-state index contributed by atoms with van der Waals surface area (Å²) in [5, 5.41) is 2.26. The van der Waals surface area contributed by atoms with Gasteiger partial charge in [-0.3, -0.25) is 24.5 Å². The van der Waals surface area contributed by atoms with Gasteiger partial charge in [0.2, 0.25) is 0 Å². The molecule has 4 aromatic rings. The van der Waals surface area contributed by atoms with Crippen LogP contribution in [0.3, 0.4) is 0 Å². The zero-order chi connectivity index (χ0) is 42.9. The van der Waals surface area contributed by atoms with Gasteiger partial charge in [0.15, 0.2) is 0 Å². The molecule has 4 aliphatic rings. The maximum atomic E-state index is 14.5. The highest BCUT2D eigenvalue weighted by molar-refractivity contribution is 7.07. The van der Waals surface area contributed by atoms with Crippen molar-refractivity contribution in [3.63, 3.8) is 0 Å². The standard InChI is InChI=1S/C47H55ClF3N5O4S/c1-31(28-60-41-12-17-52-40-9-4-6-32(2)42(40)41)22-35-24-34-11-10-33(26-54-18-20-55(21-19-54)27-37-29-61-30-53-37)23-39(34)45(35)13-15-46(16-14-45,44(58)59-3)56(43(57)47(49,50)51)38-8-5-7-36(48)25-38/h5,7-8,10-12,17,23,25,29-32,35H,4,6,9,13-16,18-22,24,26-28H2,1-3H3/t31-,32-,35+,45?,46?/m1/s1. The molecule has 9 nitrogen and oxygen atoms in total. The first-order valence-corrected chi connectivity index (χ1v) is 22.9. The van der Waals surface area contributed by atoms with Gasteiger partial charge in [0.1, 0.15) is 11.3 Å². The number of ether oxygens (including phenoxy) is 2. The smallest absolute Gasteiger partial charge is 0.471 e. The fourth-order valence-electron chi connectivity index (χ4n) is 10.9. The summed E-state index contributed by atoms with van der Waals surface area (Å²) in [4.78, 5) is 42.1. The van der Waals surface area contributed by atoms with Crippen LogP contribution in [0.25, 0.3) is 0 Å². The molecule has 1 spiro atoms. The molecule has 3 atom stereocenters. The van der Waals surface area contributed by atoms with E-state index in [1.165, 1.54) is 53.6 Å². The zero-order valence-corrected chi connectivity index (χ0v) is 36.8. The normalized spacial score (nSPS) is 24.8. The number of benzene rings is 2.